The van der Waals surface area contributed by atoms with E-state index in [1.54, 1.807) is 0 Å². The van der Waals surface area contributed by atoms with Crippen molar-refractivity contribution in [2.24, 2.45) is 0 Å². The van der Waals surface area contributed by atoms with E-state index in [0.29, 0.717) is 26.2 Å². The van der Waals surface area contributed by atoms with Crippen molar-refractivity contribution in [3.8, 4) is 0 Å². The van der Waals surface area contributed by atoms with Crippen molar-refractivity contribution in [1.29, 1.82) is 0 Å². The lowest BCUT2D eigenvalue weighted by molar-refractivity contribution is -0.137. The van der Waals surface area contributed by atoms with Gasteiger partial charge in [0.05, 0.1) is 13.2 Å². The molecule has 190 valence electrons. The molecule has 0 amide bonds. The number of aliphatic hydroxyl groups is 1. The number of ether oxygens (including phenoxy) is 2. The molecule has 0 aromatic carbocycles. The lowest BCUT2D eigenvalue weighted by Crippen LogP contribution is -2.22. The minimum absolute atomic E-state index is 0.215. The van der Waals surface area contributed by atoms with E-state index in [0.717, 1.165) is 19.3 Å². The standard InChI is InChI=1S/C27H52O5/c1-2-3-4-5-6-7-8-9-10-11-12-13-14-15-16-19-22-31-24-26(28)25-32-23-20-17-18-21-27(29)30/h9-10,26,28H,2-8,11-25H2,1H3,(H,29,30)/b10-9-. The van der Waals surface area contributed by atoms with Gasteiger partial charge in [0.15, 0.2) is 0 Å². The van der Waals surface area contributed by atoms with Crippen molar-refractivity contribution in [3.05, 3.63) is 12.2 Å². The number of aliphatic hydroxyl groups excluding tert-OH is 1. The van der Waals surface area contributed by atoms with Crippen molar-refractivity contribution < 1.29 is 24.5 Å². The Morgan fingerprint density at radius 1 is 0.688 bits per heavy atom. The quantitative estimate of drug-likeness (QED) is 0.108. The monoisotopic (exact) mass is 456 g/mol. The number of hydrogen-bond donors (Lipinski definition) is 2. The smallest absolute Gasteiger partial charge is 0.303 e. The second-order valence-electron chi connectivity index (χ2n) is 8.95. The fourth-order valence-corrected chi connectivity index (χ4v) is 3.60. The Bertz CT molecular complexity index is 411. The van der Waals surface area contributed by atoms with Crippen LogP contribution < -0.4 is 0 Å². The highest BCUT2D eigenvalue weighted by Gasteiger charge is 2.04. The van der Waals surface area contributed by atoms with Gasteiger partial charge >= 0.3 is 5.97 Å². The molecule has 0 spiro atoms. The first-order valence-electron chi connectivity index (χ1n) is 13.4. The van der Waals surface area contributed by atoms with Crippen molar-refractivity contribution in [2.75, 3.05) is 26.4 Å². The molecule has 1 atom stereocenters. The van der Waals surface area contributed by atoms with E-state index in [9.17, 15) is 9.90 Å². The Morgan fingerprint density at radius 2 is 1.12 bits per heavy atom. The average Bonchev–Trinajstić information content (AvgIpc) is 2.77. The summed E-state index contributed by atoms with van der Waals surface area (Å²) in [5, 5.41) is 18.4. The molecule has 0 radical (unpaired) electrons. The SMILES string of the molecule is CCCCCCCC/C=C\CCCCCCCCOCC(O)COCCCCCC(=O)O. The van der Waals surface area contributed by atoms with Gasteiger partial charge in [-0.1, -0.05) is 83.3 Å². The maximum absolute atomic E-state index is 10.4. The summed E-state index contributed by atoms with van der Waals surface area (Å²) in [6.07, 6.45) is 24.9. The molecule has 32 heavy (non-hydrogen) atoms. The van der Waals surface area contributed by atoms with E-state index >= 15 is 0 Å². The maximum Gasteiger partial charge on any atom is 0.303 e. The normalized spacial score (nSPS) is 12.6. The van der Waals surface area contributed by atoms with E-state index in [1.807, 2.05) is 0 Å². The van der Waals surface area contributed by atoms with E-state index in [-0.39, 0.29) is 13.0 Å². The zero-order valence-electron chi connectivity index (χ0n) is 20.9. The molecule has 5 nitrogen and oxygen atoms in total. The zero-order valence-corrected chi connectivity index (χ0v) is 20.9. The van der Waals surface area contributed by atoms with Gasteiger partial charge in [0, 0.05) is 19.6 Å². The predicted molar refractivity (Wildman–Crippen MR) is 133 cm³/mol. The highest BCUT2D eigenvalue weighted by atomic mass is 16.5. The van der Waals surface area contributed by atoms with E-state index < -0.39 is 12.1 Å². The van der Waals surface area contributed by atoms with Crippen LogP contribution in [0.15, 0.2) is 12.2 Å². The molecular formula is C27H52O5. The zero-order chi connectivity index (χ0) is 23.5. The second-order valence-corrected chi connectivity index (χ2v) is 8.95. The molecule has 2 N–H and O–H groups in total. The molecule has 0 saturated carbocycles. The van der Waals surface area contributed by atoms with Crippen LogP contribution in [0.5, 0.6) is 0 Å². The largest absolute Gasteiger partial charge is 0.481 e. The first kappa shape index (κ1) is 31.1. The van der Waals surface area contributed by atoms with Crippen LogP contribution in [0.4, 0.5) is 0 Å². The highest BCUT2D eigenvalue weighted by Crippen LogP contribution is 2.10. The van der Waals surface area contributed by atoms with Gasteiger partial charge in [0.25, 0.3) is 0 Å². The lowest BCUT2D eigenvalue weighted by atomic mass is 10.1. The fourth-order valence-electron chi connectivity index (χ4n) is 3.60. The van der Waals surface area contributed by atoms with E-state index in [1.165, 1.54) is 83.5 Å². The van der Waals surface area contributed by atoms with Crippen molar-refractivity contribution >= 4 is 5.97 Å². The molecule has 0 fully saturated rings. The third-order valence-electron chi connectivity index (χ3n) is 5.60. The average molecular weight is 457 g/mol. The van der Waals surface area contributed by atoms with Crippen molar-refractivity contribution in [1.82, 2.24) is 0 Å². The molecule has 0 aromatic heterocycles. The lowest BCUT2D eigenvalue weighted by Gasteiger charge is -2.12. The van der Waals surface area contributed by atoms with Crippen LogP contribution in [0.1, 0.15) is 122 Å². The molecule has 1 unspecified atom stereocenters. The molecule has 0 aromatic rings. The summed E-state index contributed by atoms with van der Waals surface area (Å²) in [6.45, 7) is 4.14. The molecule has 0 heterocycles. The number of carboxylic acid groups (broad SMARTS) is 1. The van der Waals surface area contributed by atoms with Gasteiger partial charge in [0.1, 0.15) is 6.10 Å². The minimum Gasteiger partial charge on any atom is -0.481 e. The second kappa shape index (κ2) is 26.3. The topological polar surface area (TPSA) is 76.0 Å². The van der Waals surface area contributed by atoms with Crippen molar-refractivity contribution in [3.63, 3.8) is 0 Å². The molecule has 0 aliphatic carbocycles. The van der Waals surface area contributed by atoms with Crippen LogP contribution in [0.25, 0.3) is 0 Å². The van der Waals surface area contributed by atoms with Crippen LogP contribution >= 0.6 is 0 Å². The summed E-state index contributed by atoms with van der Waals surface area (Å²) in [6, 6.07) is 0. The number of hydrogen-bond acceptors (Lipinski definition) is 4. The summed E-state index contributed by atoms with van der Waals surface area (Å²) in [5.41, 5.74) is 0. The van der Waals surface area contributed by atoms with Gasteiger partial charge in [-0.2, -0.15) is 0 Å². The summed E-state index contributed by atoms with van der Waals surface area (Å²) >= 11 is 0. The third-order valence-corrected chi connectivity index (χ3v) is 5.60. The maximum atomic E-state index is 10.4. The van der Waals surface area contributed by atoms with Crippen molar-refractivity contribution in [2.45, 2.75) is 129 Å². The summed E-state index contributed by atoms with van der Waals surface area (Å²) in [5.74, 6) is -0.750. The van der Waals surface area contributed by atoms with E-state index in [4.69, 9.17) is 14.6 Å². The number of carbonyl (C=O) groups is 1. The van der Waals surface area contributed by atoms with Crippen LogP contribution in [0.2, 0.25) is 0 Å². The van der Waals surface area contributed by atoms with Crippen LogP contribution in [0.3, 0.4) is 0 Å². The minimum atomic E-state index is -0.750. The van der Waals surface area contributed by atoms with Gasteiger partial charge in [-0.15, -0.1) is 0 Å². The Labute approximate surface area is 198 Å². The number of allylic oxidation sites excluding steroid dienone is 2. The third kappa shape index (κ3) is 27.1. The Kier molecular flexibility index (Phi) is 25.6. The first-order valence-corrected chi connectivity index (χ1v) is 13.4. The fraction of sp³-hybridized carbons (Fsp3) is 0.889. The summed E-state index contributed by atoms with van der Waals surface area (Å²) in [7, 11) is 0. The Balaban J connectivity index is 3.19. The van der Waals surface area contributed by atoms with Gasteiger partial charge < -0.3 is 19.7 Å². The summed E-state index contributed by atoms with van der Waals surface area (Å²) in [4.78, 5) is 10.4. The molecule has 0 saturated heterocycles. The summed E-state index contributed by atoms with van der Waals surface area (Å²) < 4.78 is 10.9. The number of unbranched alkanes of at least 4 members (excludes halogenated alkanes) is 14. The number of aliphatic carboxylic acids is 1. The Morgan fingerprint density at radius 3 is 1.62 bits per heavy atom. The van der Waals surface area contributed by atoms with Gasteiger partial charge in [0.2, 0.25) is 0 Å². The van der Waals surface area contributed by atoms with Gasteiger partial charge in [-0.25, -0.2) is 0 Å². The van der Waals surface area contributed by atoms with Crippen LogP contribution in [0, 0.1) is 0 Å². The molecule has 0 aliphatic heterocycles. The molecule has 5 heteroatoms. The Hall–Kier alpha value is -0.910. The van der Waals surface area contributed by atoms with Gasteiger partial charge in [-0.05, 0) is 44.9 Å². The van der Waals surface area contributed by atoms with Crippen LogP contribution in [-0.4, -0.2) is 48.7 Å². The highest BCUT2D eigenvalue weighted by molar-refractivity contribution is 5.66. The van der Waals surface area contributed by atoms with E-state index in [2.05, 4.69) is 19.1 Å². The molecule has 0 bridgehead atoms. The van der Waals surface area contributed by atoms with Crippen LogP contribution in [-0.2, 0) is 14.3 Å². The first-order chi connectivity index (χ1) is 15.7. The van der Waals surface area contributed by atoms with Gasteiger partial charge in [-0.3, -0.25) is 4.79 Å². The molecule has 0 rings (SSSR count). The number of carboxylic acids is 1. The predicted octanol–water partition coefficient (Wildman–Crippen LogP) is 7.06. The number of rotatable bonds is 26. The molecular weight excluding hydrogens is 404 g/mol. The molecule has 0 aliphatic rings.